The summed E-state index contributed by atoms with van der Waals surface area (Å²) in [7, 11) is 3.43. The number of carbonyl (C=O) groups is 1. The Morgan fingerprint density at radius 2 is 1.72 bits per heavy atom. The van der Waals surface area contributed by atoms with E-state index < -0.39 is 6.04 Å². The molecule has 94 valence electrons. The van der Waals surface area contributed by atoms with E-state index in [1.54, 1.807) is 14.1 Å². The molecule has 0 heterocycles. The van der Waals surface area contributed by atoms with Gasteiger partial charge in [-0.25, -0.2) is 0 Å². The molecule has 0 bridgehead atoms. The number of aryl methyl sites for hydroxylation is 1. The van der Waals surface area contributed by atoms with E-state index in [0.29, 0.717) is 0 Å². The molecule has 3 nitrogen and oxygen atoms in total. The van der Waals surface area contributed by atoms with E-state index in [1.807, 2.05) is 18.2 Å². The van der Waals surface area contributed by atoms with Crippen molar-refractivity contribution in [1.82, 2.24) is 4.90 Å². The lowest BCUT2D eigenvalue weighted by molar-refractivity contribution is -0.130. The molecule has 0 spiro atoms. The molecule has 0 aliphatic carbocycles. The fourth-order valence-corrected chi connectivity index (χ4v) is 2.00. The molecule has 2 aromatic carbocycles. The quantitative estimate of drug-likeness (QED) is 0.877. The number of benzene rings is 2. The molecule has 0 aromatic heterocycles. The SMILES string of the molecule is Cc1ccc2cc(C(N)C(=O)N(C)C)ccc2c1. The van der Waals surface area contributed by atoms with Gasteiger partial charge in [0.25, 0.3) is 0 Å². The third-order valence-electron chi connectivity index (χ3n) is 3.09. The number of rotatable bonds is 2. The fourth-order valence-electron chi connectivity index (χ4n) is 2.00. The summed E-state index contributed by atoms with van der Waals surface area (Å²) < 4.78 is 0. The summed E-state index contributed by atoms with van der Waals surface area (Å²) in [5.41, 5.74) is 8.05. The van der Waals surface area contributed by atoms with Crippen LogP contribution in [0.1, 0.15) is 17.2 Å². The van der Waals surface area contributed by atoms with Crippen LogP contribution in [0.4, 0.5) is 0 Å². The number of likely N-dealkylation sites (N-methyl/N-ethyl adjacent to an activating group) is 1. The average molecular weight is 242 g/mol. The molecule has 0 saturated heterocycles. The summed E-state index contributed by atoms with van der Waals surface area (Å²) in [6.45, 7) is 2.06. The third-order valence-corrected chi connectivity index (χ3v) is 3.09. The van der Waals surface area contributed by atoms with Crippen LogP contribution >= 0.6 is 0 Å². The monoisotopic (exact) mass is 242 g/mol. The molecule has 0 saturated carbocycles. The molecule has 1 amide bonds. The van der Waals surface area contributed by atoms with Gasteiger partial charge in [-0.2, -0.15) is 0 Å². The Hall–Kier alpha value is -1.87. The first kappa shape index (κ1) is 12.6. The summed E-state index contributed by atoms with van der Waals surface area (Å²) in [4.78, 5) is 13.4. The van der Waals surface area contributed by atoms with Crippen LogP contribution in [0.3, 0.4) is 0 Å². The van der Waals surface area contributed by atoms with Crippen molar-refractivity contribution >= 4 is 16.7 Å². The molecule has 0 aliphatic rings. The minimum absolute atomic E-state index is 0.0820. The maximum Gasteiger partial charge on any atom is 0.243 e. The molecule has 18 heavy (non-hydrogen) atoms. The second-order valence-electron chi connectivity index (χ2n) is 4.82. The van der Waals surface area contributed by atoms with Crippen molar-refractivity contribution in [3.8, 4) is 0 Å². The van der Waals surface area contributed by atoms with E-state index in [9.17, 15) is 4.79 Å². The van der Waals surface area contributed by atoms with Crippen LogP contribution < -0.4 is 5.73 Å². The topological polar surface area (TPSA) is 46.3 Å². The van der Waals surface area contributed by atoms with Crippen molar-refractivity contribution in [3.05, 3.63) is 47.5 Å². The van der Waals surface area contributed by atoms with Gasteiger partial charge >= 0.3 is 0 Å². The van der Waals surface area contributed by atoms with Crippen LogP contribution in [0.25, 0.3) is 10.8 Å². The van der Waals surface area contributed by atoms with Gasteiger partial charge in [0.1, 0.15) is 6.04 Å². The Bertz CT molecular complexity index is 590. The van der Waals surface area contributed by atoms with Crippen LogP contribution in [0, 0.1) is 6.92 Å². The Balaban J connectivity index is 2.41. The van der Waals surface area contributed by atoms with Gasteiger partial charge in [0.05, 0.1) is 0 Å². The van der Waals surface area contributed by atoms with E-state index in [-0.39, 0.29) is 5.91 Å². The van der Waals surface area contributed by atoms with E-state index in [4.69, 9.17) is 5.73 Å². The van der Waals surface area contributed by atoms with Crippen LogP contribution in [0.2, 0.25) is 0 Å². The minimum Gasteiger partial charge on any atom is -0.347 e. The highest BCUT2D eigenvalue weighted by Gasteiger charge is 2.17. The number of nitrogens with two attached hydrogens (primary N) is 1. The van der Waals surface area contributed by atoms with E-state index >= 15 is 0 Å². The maximum atomic E-state index is 11.8. The first-order valence-corrected chi connectivity index (χ1v) is 5.96. The van der Waals surface area contributed by atoms with Gasteiger partial charge < -0.3 is 10.6 Å². The van der Waals surface area contributed by atoms with Crippen LogP contribution in [0.5, 0.6) is 0 Å². The zero-order valence-electron chi connectivity index (χ0n) is 11.0. The van der Waals surface area contributed by atoms with Crippen molar-refractivity contribution in [2.75, 3.05) is 14.1 Å². The molecule has 0 aliphatic heterocycles. The van der Waals surface area contributed by atoms with Crippen LogP contribution in [-0.2, 0) is 4.79 Å². The Morgan fingerprint density at radius 3 is 2.39 bits per heavy atom. The number of hydrogen-bond acceptors (Lipinski definition) is 2. The molecular weight excluding hydrogens is 224 g/mol. The highest BCUT2D eigenvalue weighted by molar-refractivity contribution is 5.87. The highest BCUT2D eigenvalue weighted by atomic mass is 16.2. The highest BCUT2D eigenvalue weighted by Crippen LogP contribution is 2.21. The first-order valence-electron chi connectivity index (χ1n) is 5.96. The van der Waals surface area contributed by atoms with Crippen LogP contribution in [0.15, 0.2) is 36.4 Å². The standard InChI is InChI=1S/C15H18N2O/c1-10-4-5-12-9-13(7-6-11(12)8-10)14(16)15(18)17(2)3/h4-9,14H,16H2,1-3H3. The molecule has 0 radical (unpaired) electrons. The Kier molecular flexibility index (Phi) is 3.34. The lowest BCUT2D eigenvalue weighted by atomic mass is 10.0. The molecule has 1 unspecified atom stereocenters. The normalized spacial score (nSPS) is 12.4. The van der Waals surface area contributed by atoms with Crippen molar-refractivity contribution in [1.29, 1.82) is 0 Å². The number of amides is 1. The number of carbonyl (C=O) groups excluding carboxylic acids is 1. The smallest absolute Gasteiger partial charge is 0.243 e. The van der Waals surface area contributed by atoms with Gasteiger partial charge in [-0.3, -0.25) is 4.79 Å². The third kappa shape index (κ3) is 2.36. The molecule has 0 fully saturated rings. The maximum absolute atomic E-state index is 11.8. The van der Waals surface area contributed by atoms with Crippen molar-refractivity contribution in [2.24, 2.45) is 5.73 Å². The molecule has 3 heteroatoms. The summed E-state index contributed by atoms with van der Waals surface area (Å²) >= 11 is 0. The van der Waals surface area contributed by atoms with Gasteiger partial charge in [-0.1, -0.05) is 35.9 Å². The van der Waals surface area contributed by atoms with Crippen molar-refractivity contribution in [3.63, 3.8) is 0 Å². The van der Waals surface area contributed by atoms with Gasteiger partial charge in [0.2, 0.25) is 5.91 Å². The zero-order valence-corrected chi connectivity index (χ0v) is 11.0. The van der Waals surface area contributed by atoms with E-state index in [0.717, 1.165) is 10.9 Å². The van der Waals surface area contributed by atoms with Crippen LogP contribution in [-0.4, -0.2) is 24.9 Å². The summed E-state index contributed by atoms with van der Waals surface area (Å²) in [6.07, 6.45) is 0. The number of hydrogen-bond donors (Lipinski definition) is 1. The first-order chi connectivity index (χ1) is 8.49. The van der Waals surface area contributed by atoms with E-state index in [2.05, 4.69) is 25.1 Å². The molecule has 2 N–H and O–H groups in total. The summed E-state index contributed by atoms with van der Waals surface area (Å²) in [5.74, 6) is -0.0820. The molecule has 1 atom stereocenters. The molecule has 2 aromatic rings. The Labute approximate surface area is 107 Å². The van der Waals surface area contributed by atoms with Gasteiger partial charge in [0.15, 0.2) is 0 Å². The largest absolute Gasteiger partial charge is 0.347 e. The average Bonchev–Trinajstić information content (AvgIpc) is 2.36. The van der Waals surface area contributed by atoms with E-state index in [1.165, 1.54) is 15.8 Å². The second-order valence-corrected chi connectivity index (χ2v) is 4.82. The minimum atomic E-state index is -0.592. The lowest BCUT2D eigenvalue weighted by Crippen LogP contribution is -2.33. The number of fused-ring (bicyclic) bond motifs is 1. The Morgan fingerprint density at radius 1 is 1.11 bits per heavy atom. The summed E-state index contributed by atoms with van der Waals surface area (Å²) in [6, 6.07) is 11.6. The van der Waals surface area contributed by atoms with Gasteiger partial charge in [0, 0.05) is 14.1 Å². The molecule has 2 rings (SSSR count). The number of nitrogens with zero attached hydrogens (tertiary/aromatic N) is 1. The van der Waals surface area contributed by atoms with Gasteiger partial charge in [-0.05, 0) is 29.3 Å². The fraction of sp³-hybridized carbons (Fsp3) is 0.267. The second kappa shape index (κ2) is 4.78. The summed E-state index contributed by atoms with van der Waals surface area (Å²) in [5, 5.41) is 2.28. The lowest BCUT2D eigenvalue weighted by Gasteiger charge is -2.17. The predicted octanol–water partition coefficient (Wildman–Crippen LogP) is 2.24. The van der Waals surface area contributed by atoms with Crippen molar-refractivity contribution < 1.29 is 4.79 Å². The predicted molar refractivity (Wildman–Crippen MR) is 74.3 cm³/mol. The van der Waals surface area contributed by atoms with Crippen molar-refractivity contribution in [2.45, 2.75) is 13.0 Å². The molecular formula is C15H18N2O. The zero-order chi connectivity index (χ0) is 13.3. The van der Waals surface area contributed by atoms with Gasteiger partial charge in [-0.15, -0.1) is 0 Å².